The summed E-state index contributed by atoms with van der Waals surface area (Å²) in [4.78, 5) is 42.3. The van der Waals surface area contributed by atoms with Crippen molar-refractivity contribution in [3.05, 3.63) is 74.4 Å². The van der Waals surface area contributed by atoms with Gasteiger partial charge in [-0.15, -0.1) is 0 Å². The molecule has 1 N–H and O–H groups in total. The van der Waals surface area contributed by atoms with Crippen molar-refractivity contribution in [3.8, 4) is 0 Å². The van der Waals surface area contributed by atoms with Crippen LogP contribution in [0.2, 0.25) is 0 Å². The first-order chi connectivity index (χ1) is 14.5. The van der Waals surface area contributed by atoms with Gasteiger partial charge in [-0.3, -0.25) is 23.5 Å². The van der Waals surface area contributed by atoms with Crippen molar-refractivity contribution in [2.75, 3.05) is 19.8 Å². The van der Waals surface area contributed by atoms with E-state index >= 15 is 0 Å². The number of nitrogens with one attached hydrogen (secondary N) is 1. The third kappa shape index (κ3) is 5.01. The van der Waals surface area contributed by atoms with E-state index in [1.165, 1.54) is 9.13 Å². The molecule has 2 heterocycles. The molecule has 0 spiro atoms. The van der Waals surface area contributed by atoms with Crippen molar-refractivity contribution in [2.24, 2.45) is 0 Å². The first-order valence-electron chi connectivity index (χ1n) is 9.99. The molecule has 0 atom stereocenters. The van der Waals surface area contributed by atoms with E-state index in [0.29, 0.717) is 37.3 Å². The molecular weight excluding hydrogens is 384 g/mol. The Morgan fingerprint density at radius 3 is 2.57 bits per heavy atom. The number of pyridine rings is 1. The Morgan fingerprint density at radius 2 is 1.83 bits per heavy atom. The number of carbonyl (C=O) groups excluding carboxylic acids is 1. The number of nitrogens with zero attached hydrogens (tertiary/aromatic N) is 3. The summed E-state index contributed by atoms with van der Waals surface area (Å²) in [5.41, 5.74) is 1.36. The van der Waals surface area contributed by atoms with Crippen molar-refractivity contribution < 1.29 is 9.53 Å². The lowest BCUT2D eigenvalue weighted by Gasteiger charge is -2.14. The van der Waals surface area contributed by atoms with Crippen LogP contribution >= 0.6 is 0 Å². The second kappa shape index (κ2) is 9.98. The Kier molecular flexibility index (Phi) is 7.13. The van der Waals surface area contributed by atoms with Crippen LogP contribution in [0.3, 0.4) is 0 Å². The largest absolute Gasteiger partial charge is 0.382 e. The lowest BCUT2D eigenvalue weighted by molar-refractivity contribution is -0.121. The first-order valence-corrected chi connectivity index (χ1v) is 9.99. The molecule has 0 radical (unpaired) electrons. The van der Waals surface area contributed by atoms with E-state index in [0.717, 1.165) is 11.1 Å². The van der Waals surface area contributed by atoms with Crippen LogP contribution in [0, 0.1) is 6.92 Å². The molecule has 0 saturated heterocycles. The molecule has 0 aliphatic heterocycles. The Morgan fingerprint density at radius 1 is 1.10 bits per heavy atom. The highest BCUT2D eigenvalue weighted by Crippen LogP contribution is 2.10. The van der Waals surface area contributed by atoms with Crippen LogP contribution in [0.4, 0.5) is 0 Å². The van der Waals surface area contributed by atoms with E-state index in [1.54, 1.807) is 18.3 Å². The lowest BCUT2D eigenvalue weighted by Crippen LogP contribution is -2.44. The third-order valence-corrected chi connectivity index (χ3v) is 4.74. The van der Waals surface area contributed by atoms with Gasteiger partial charge in [-0.1, -0.05) is 29.8 Å². The molecule has 0 aliphatic rings. The van der Waals surface area contributed by atoms with E-state index in [4.69, 9.17) is 4.74 Å². The topological polar surface area (TPSA) is 95.2 Å². The molecule has 30 heavy (non-hydrogen) atoms. The number of ether oxygens (including phenoxy) is 1. The molecule has 0 bridgehead atoms. The molecule has 158 valence electrons. The van der Waals surface area contributed by atoms with E-state index in [2.05, 4.69) is 10.3 Å². The van der Waals surface area contributed by atoms with Gasteiger partial charge in [-0.05, 0) is 38.0 Å². The summed E-state index contributed by atoms with van der Waals surface area (Å²) in [7, 11) is 0. The molecule has 8 nitrogen and oxygen atoms in total. The van der Waals surface area contributed by atoms with Gasteiger partial charge in [0, 0.05) is 26.0 Å². The molecule has 0 fully saturated rings. The van der Waals surface area contributed by atoms with E-state index < -0.39 is 11.1 Å². The molecule has 1 amide bonds. The number of aromatic nitrogens is 3. The lowest BCUT2D eigenvalue weighted by atomic mass is 10.1. The van der Waals surface area contributed by atoms with Gasteiger partial charge in [-0.25, -0.2) is 4.98 Å². The van der Waals surface area contributed by atoms with Crippen LogP contribution in [-0.4, -0.2) is 39.8 Å². The van der Waals surface area contributed by atoms with Crippen molar-refractivity contribution in [1.82, 2.24) is 19.4 Å². The van der Waals surface area contributed by atoms with Crippen LogP contribution in [0.25, 0.3) is 11.2 Å². The molecule has 0 saturated carbocycles. The van der Waals surface area contributed by atoms with Crippen LogP contribution in [0.5, 0.6) is 0 Å². The Balaban J connectivity index is 1.89. The van der Waals surface area contributed by atoms with Gasteiger partial charge in [0.2, 0.25) is 5.91 Å². The average Bonchev–Trinajstić information content (AvgIpc) is 2.75. The minimum atomic E-state index is -0.743. The highest BCUT2D eigenvalue weighted by atomic mass is 16.5. The fraction of sp³-hybridized carbons (Fsp3) is 0.364. The number of hydrogen-bond acceptors (Lipinski definition) is 5. The van der Waals surface area contributed by atoms with Gasteiger partial charge in [0.15, 0.2) is 5.65 Å². The summed E-state index contributed by atoms with van der Waals surface area (Å²) < 4.78 is 7.78. The number of fused-ring (bicyclic) bond motifs is 1. The fourth-order valence-corrected chi connectivity index (χ4v) is 3.17. The number of amides is 1. The highest BCUT2D eigenvalue weighted by molar-refractivity contribution is 5.78. The van der Waals surface area contributed by atoms with E-state index in [-0.39, 0.29) is 19.0 Å². The Labute approximate surface area is 174 Å². The number of carbonyl (C=O) groups is 1. The second-order valence-electron chi connectivity index (χ2n) is 7.01. The maximum absolute atomic E-state index is 12.8. The quantitative estimate of drug-likeness (QED) is 0.426. The van der Waals surface area contributed by atoms with Gasteiger partial charge in [0.1, 0.15) is 6.54 Å². The smallest absolute Gasteiger partial charge is 0.318 e. The van der Waals surface area contributed by atoms with Gasteiger partial charge in [-0.2, -0.15) is 0 Å². The maximum atomic E-state index is 12.8. The Hall–Kier alpha value is -3.26. The maximum Gasteiger partial charge on any atom is 0.318 e. The summed E-state index contributed by atoms with van der Waals surface area (Å²) >= 11 is 0. The first kappa shape index (κ1) is 21.4. The molecule has 0 aliphatic carbocycles. The minimum absolute atomic E-state index is 0.229. The summed E-state index contributed by atoms with van der Waals surface area (Å²) in [6.45, 7) is 5.50. The number of rotatable bonds is 9. The number of aryl methyl sites for hydroxylation is 1. The molecule has 3 rings (SSSR count). The standard InChI is InChI=1S/C22H26N4O4/c1-3-30-13-5-12-23-19(27)15-25-18-6-4-11-24-20(18)26(22(29)21(25)28)14-17-9-7-16(2)8-10-17/h4,6-11H,3,5,12-15H2,1-2H3,(H,23,27). The average molecular weight is 410 g/mol. The second-order valence-corrected chi connectivity index (χ2v) is 7.01. The summed E-state index contributed by atoms with van der Waals surface area (Å²) in [6, 6.07) is 11.1. The van der Waals surface area contributed by atoms with Gasteiger partial charge in [0.25, 0.3) is 0 Å². The zero-order valence-electron chi connectivity index (χ0n) is 17.3. The zero-order chi connectivity index (χ0) is 21.5. The molecule has 8 heteroatoms. The predicted molar refractivity (Wildman–Crippen MR) is 115 cm³/mol. The SMILES string of the molecule is CCOCCCNC(=O)Cn1c(=O)c(=O)n(Cc2ccc(C)cc2)c2ncccc21. The third-order valence-electron chi connectivity index (χ3n) is 4.74. The minimum Gasteiger partial charge on any atom is -0.382 e. The normalized spacial score (nSPS) is 11.0. The molecule has 3 aromatic rings. The van der Waals surface area contributed by atoms with Gasteiger partial charge < -0.3 is 10.1 Å². The predicted octanol–water partition coefficient (Wildman–Crippen LogP) is 1.46. The van der Waals surface area contributed by atoms with Crippen molar-refractivity contribution >= 4 is 17.1 Å². The molecule has 1 aromatic carbocycles. The Bertz CT molecular complexity index is 1130. The fourth-order valence-electron chi connectivity index (χ4n) is 3.17. The van der Waals surface area contributed by atoms with Gasteiger partial charge in [0.05, 0.1) is 12.1 Å². The summed E-state index contributed by atoms with van der Waals surface area (Å²) in [6.07, 6.45) is 2.24. The highest BCUT2D eigenvalue weighted by Gasteiger charge is 2.16. The van der Waals surface area contributed by atoms with Crippen molar-refractivity contribution in [1.29, 1.82) is 0 Å². The number of hydrogen-bond donors (Lipinski definition) is 1. The van der Waals surface area contributed by atoms with Crippen LogP contribution in [0.1, 0.15) is 24.5 Å². The molecule has 2 aromatic heterocycles. The summed E-state index contributed by atoms with van der Waals surface area (Å²) in [5.74, 6) is -0.338. The van der Waals surface area contributed by atoms with Crippen molar-refractivity contribution in [2.45, 2.75) is 33.4 Å². The van der Waals surface area contributed by atoms with Crippen LogP contribution < -0.4 is 16.4 Å². The van der Waals surface area contributed by atoms with Crippen LogP contribution in [0.15, 0.2) is 52.2 Å². The van der Waals surface area contributed by atoms with Gasteiger partial charge >= 0.3 is 11.1 Å². The monoisotopic (exact) mass is 410 g/mol. The zero-order valence-corrected chi connectivity index (χ0v) is 17.3. The summed E-state index contributed by atoms with van der Waals surface area (Å²) in [5, 5.41) is 2.75. The van der Waals surface area contributed by atoms with E-state index in [9.17, 15) is 14.4 Å². The van der Waals surface area contributed by atoms with E-state index in [1.807, 2.05) is 38.1 Å². The van der Waals surface area contributed by atoms with Crippen molar-refractivity contribution in [3.63, 3.8) is 0 Å². The number of benzene rings is 1. The molecular formula is C22H26N4O4. The van der Waals surface area contributed by atoms with Crippen LogP contribution in [-0.2, 0) is 22.6 Å². The molecule has 0 unspecified atom stereocenters.